The highest BCUT2D eigenvalue weighted by molar-refractivity contribution is 5.98. The molecule has 0 radical (unpaired) electrons. The third-order valence-electron chi connectivity index (χ3n) is 14.8. The molecule has 1 atom stereocenters. The molecule has 3 aliphatic heterocycles. The number of hydrogen-bond acceptors (Lipinski definition) is 1. The second-order valence-electron chi connectivity index (χ2n) is 24.3. The van der Waals surface area contributed by atoms with Gasteiger partial charge in [0.1, 0.15) is 16.8 Å². The quantitative estimate of drug-likeness (QED) is 0.158. The van der Waals surface area contributed by atoms with Crippen molar-refractivity contribution in [2.75, 3.05) is 0 Å². The fourth-order valence-electron chi connectivity index (χ4n) is 11.2. The van der Waals surface area contributed by atoms with Gasteiger partial charge in [-0.15, -0.1) is 9.13 Å². The van der Waals surface area contributed by atoms with Crippen LogP contribution in [0.2, 0.25) is 0 Å². The molecule has 2 aromatic heterocycles. The molecule has 1 unspecified atom stereocenters. The lowest BCUT2D eigenvalue weighted by molar-refractivity contribution is -0.997. The number of fused-ring (bicyclic) bond motifs is 5. The minimum Gasteiger partial charge on any atom is -0.392 e. The lowest BCUT2D eigenvalue weighted by atomic mass is 9.78. The Bertz CT molecular complexity index is 3340. The topological polar surface area (TPSA) is 21.9 Å². The van der Waals surface area contributed by atoms with Gasteiger partial charge in [-0.3, -0.25) is 0 Å². The summed E-state index contributed by atoms with van der Waals surface area (Å²) in [6, 6.07) is 48.9. The van der Waals surface area contributed by atoms with Gasteiger partial charge in [-0.1, -0.05) is 164 Å². The summed E-state index contributed by atoms with van der Waals surface area (Å²) in [6.07, 6.45) is 3.29. The van der Waals surface area contributed by atoms with Crippen molar-refractivity contribution >= 4 is 11.0 Å². The van der Waals surface area contributed by atoms with Crippen molar-refractivity contribution in [3.63, 3.8) is 0 Å². The number of imidazole rings is 1. The van der Waals surface area contributed by atoms with Crippen molar-refractivity contribution in [3.8, 4) is 67.5 Å². The Morgan fingerprint density at radius 2 is 1.19 bits per heavy atom. The average Bonchev–Trinajstić information content (AvgIpc) is 3.76. The van der Waals surface area contributed by atoms with Crippen molar-refractivity contribution < 1.29 is 13.9 Å². The molecule has 4 nitrogen and oxygen atoms in total. The lowest BCUT2D eigenvalue weighted by Crippen LogP contribution is -2.78. The van der Waals surface area contributed by atoms with Gasteiger partial charge in [0.2, 0.25) is 5.69 Å². The van der Waals surface area contributed by atoms with Crippen LogP contribution in [-0.2, 0) is 33.9 Å². The highest BCUT2D eigenvalue weighted by atomic mass is 16.5. The van der Waals surface area contributed by atoms with Crippen LogP contribution in [0.5, 0.6) is 5.75 Å². The summed E-state index contributed by atoms with van der Waals surface area (Å²) in [7, 11) is 0. The molecule has 3 aliphatic rings. The Kier molecular flexibility index (Phi) is 9.30. The van der Waals surface area contributed by atoms with Gasteiger partial charge in [0, 0.05) is 28.8 Å². The second-order valence-corrected chi connectivity index (χ2v) is 24.3. The second kappa shape index (κ2) is 14.4. The average molecular weight is 882 g/mol. The van der Waals surface area contributed by atoms with Gasteiger partial charge < -0.3 is 4.74 Å². The molecule has 0 N–H and O–H groups in total. The smallest absolute Gasteiger partial charge is 0.392 e. The monoisotopic (exact) mass is 882 g/mol. The number of ether oxygens (including phenoxy) is 1. The fourth-order valence-corrected chi connectivity index (χ4v) is 11.2. The van der Waals surface area contributed by atoms with Crippen molar-refractivity contribution in [2.45, 2.75) is 131 Å². The number of para-hydroxylation sites is 1. The maximum atomic E-state index is 8.17. The van der Waals surface area contributed by atoms with Crippen molar-refractivity contribution in [3.05, 3.63) is 167 Å². The molecule has 11 rings (SSSR count). The molecule has 5 heterocycles. The van der Waals surface area contributed by atoms with Crippen LogP contribution < -0.4 is 13.9 Å². The van der Waals surface area contributed by atoms with E-state index in [-0.39, 0.29) is 21.7 Å². The fraction of sp³-hybridized carbons (Fsp3) is 0.333. The predicted octanol–water partition coefficient (Wildman–Crippen LogP) is 15.2. The number of aromatic nitrogens is 3. The molecule has 0 amide bonds. The molecule has 0 bridgehead atoms. The van der Waals surface area contributed by atoms with Gasteiger partial charge in [0.15, 0.2) is 23.0 Å². The van der Waals surface area contributed by atoms with Crippen LogP contribution >= 0.6 is 0 Å². The first-order valence-electron chi connectivity index (χ1n) is 24.6. The third kappa shape index (κ3) is 6.52. The Labute approximate surface area is 398 Å². The molecule has 0 saturated carbocycles. The van der Waals surface area contributed by atoms with E-state index in [9.17, 15) is 0 Å². The first kappa shape index (κ1) is 43.3. The number of pyridine rings is 1. The van der Waals surface area contributed by atoms with Crippen LogP contribution in [0.15, 0.2) is 134 Å². The highest BCUT2D eigenvalue weighted by Crippen LogP contribution is 2.56. The van der Waals surface area contributed by atoms with Gasteiger partial charge >= 0.3 is 11.7 Å². The minimum absolute atomic E-state index is 0.0758. The molecule has 4 heteroatoms. The molecular weight excluding hydrogens is 815 g/mol. The van der Waals surface area contributed by atoms with E-state index in [1.807, 2.05) is 0 Å². The van der Waals surface area contributed by atoms with Crippen LogP contribution in [0, 0.1) is 5.92 Å². The summed E-state index contributed by atoms with van der Waals surface area (Å²) >= 11 is 0. The molecule has 8 aromatic rings. The van der Waals surface area contributed by atoms with Crippen LogP contribution in [0.25, 0.3) is 72.7 Å². The molecule has 0 saturated heterocycles. The molecular formula is C63H67N3O+2. The molecule has 0 aliphatic carbocycles. The Hall–Kier alpha value is -6.26. The normalized spacial score (nSPS) is 16.0. The summed E-state index contributed by atoms with van der Waals surface area (Å²) in [5.74, 6) is 1.52. The van der Waals surface area contributed by atoms with Gasteiger partial charge in [-0.2, -0.15) is 4.57 Å². The van der Waals surface area contributed by atoms with E-state index in [0.29, 0.717) is 5.92 Å². The Balaban J connectivity index is 1.30. The molecule has 67 heavy (non-hydrogen) atoms. The van der Waals surface area contributed by atoms with Gasteiger partial charge in [0.05, 0.1) is 5.56 Å². The summed E-state index contributed by atoms with van der Waals surface area (Å²) in [6.45, 7) is 32.6. The van der Waals surface area contributed by atoms with Crippen LogP contribution in [0.4, 0.5) is 0 Å². The number of hydrogen-bond donors (Lipinski definition) is 0. The summed E-state index contributed by atoms with van der Waals surface area (Å²) in [5, 5.41) is 0. The van der Waals surface area contributed by atoms with Crippen molar-refractivity contribution in [2.24, 2.45) is 5.92 Å². The lowest BCUT2D eigenvalue weighted by Gasteiger charge is -2.36. The SMILES string of the molecule is CC(C)Cc1cc(-n2c3[n+]4c5c(cccc52)-c2cc(C(C)(C)C)cc5c2C4(Oc2c-3cc(C(C)(C)C)cc2C(C)(C)C)[n+]2ccc(-c3ccc(C(C)(C)C)cc3)cc2-5)ccc1-c1ccccc1. The summed E-state index contributed by atoms with van der Waals surface area (Å²) in [4.78, 5) is 0. The van der Waals surface area contributed by atoms with E-state index >= 15 is 0 Å². The zero-order valence-corrected chi connectivity index (χ0v) is 42.2. The van der Waals surface area contributed by atoms with Crippen molar-refractivity contribution in [1.29, 1.82) is 0 Å². The molecule has 6 aromatic carbocycles. The maximum absolute atomic E-state index is 8.17. The maximum Gasteiger partial charge on any atom is 0.499 e. The van der Waals surface area contributed by atoms with Crippen LogP contribution in [-0.4, -0.2) is 4.57 Å². The van der Waals surface area contributed by atoms with Gasteiger partial charge in [-0.25, -0.2) is 0 Å². The van der Waals surface area contributed by atoms with E-state index < -0.39 is 5.85 Å². The first-order chi connectivity index (χ1) is 31.6. The predicted molar refractivity (Wildman–Crippen MR) is 277 cm³/mol. The largest absolute Gasteiger partial charge is 0.499 e. The van der Waals surface area contributed by atoms with Gasteiger partial charge in [-0.05, 0) is 127 Å². The highest BCUT2D eigenvalue weighted by Gasteiger charge is 2.69. The Morgan fingerprint density at radius 3 is 1.85 bits per heavy atom. The molecule has 0 fully saturated rings. The van der Waals surface area contributed by atoms with E-state index in [2.05, 4.69) is 244 Å². The first-order valence-corrected chi connectivity index (χ1v) is 24.6. The van der Waals surface area contributed by atoms with Crippen LogP contribution in [0.3, 0.4) is 0 Å². The van der Waals surface area contributed by atoms with E-state index in [4.69, 9.17) is 4.74 Å². The summed E-state index contributed by atoms with van der Waals surface area (Å²) in [5.41, 5.74) is 21.8. The van der Waals surface area contributed by atoms with E-state index in [1.165, 1.54) is 83.4 Å². The zero-order chi connectivity index (χ0) is 47.3. The van der Waals surface area contributed by atoms with Crippen LogP contribution in [0.1, 0.15) is 130 Å². The number of rotatable bonds is 5. The molecule has 338 valence electrons. The van der Waals surface area contributed by atoms with E-state index in [0.717, 1.165) is 34.9 Å². The third-order valence-corrected chi connectivity index (χ3v) is 14.8. The number of benzene rings is 6. The zero-order valence-electron chi connectivity index (χ0n) is 42.2. The minimum atomic E-state index is -1.06. The standard InChI is InChI=1S/C63H67N3O/c1-38(2)31-42-32-46(27-28-47(42)40-19-16-15-17-20-40)65-53-22-18-21-48-49-34-44(60(6,7)8)35-50-54-33-41(39-23-25-43(26-24-39)59(3,4)5)29-30-64(54)63(55(49)50)66(56(48)53)58(65)51-36-45(61(9,10)11)37-52(57(51)67-63)62(12,13)14/h15-30,32-38H,31H2,1-14H3/q+2. The summed E-state index contributed by atoms with van der Waals surface area (Å²) < 4.78 is 15.8. The Morgan fingerprint density at radius 1 is 0.537 bits per heavy atom. The van der Waals surface area contributed by atoms with Crippen molar-refractivity contribution in [1.82, 2.24) is 4.57 Å². The van der Waals surface area contributed by atoms with E-state index in [1.54, 1.807) is 0 Å². The molecule has 1 spiro atoms. The van der Waals surface area contributed by atoms with Gasteiger partial charge in [0.25, 0.3) is 0 Å². The number of nitrogens with zero attached hydrogens (tertiary/aromatic N) is 3.